The first-order valence-electron chi connectivity index (χ1n) is 9.09. The average molecular weight is 414 g/mol. The van der Waals surface area contributed by atoms with Gasteiger partial charge in [0.05, 0.1) is 18.6 Å². The second-order valence-electron chi connectivity index (χ2n) is 7.08. The highest BCUT2D eigenvalue weighted by Crippen LogP contribution is 2.46. The molecule has 2 heterocycles. The van der Waals surface area contributed by atoms with Crippen molar-refractivity contribution in [3.63, 3.8) is 0 Å². The zero-order valence-corrected chi connectivity index (χ0v) is 17.1. The smallest absolute Gasteiger partial charge is 0.336 e. The molecule has 1 aliphatic carbocycles. The van der Waals surface area contributed by atoms with E-state index in [4.69, 9.17) is 16.3 Å². The summed E-state index contributed by atoms with van der Waals surface area (Å²) in [5.41, 5.74) is 2.95. The fraction of sp³-hybridized carbons (Fsp3) is 0.273. The van der Waals surface area contributed by atoms with Crippen LogP contribution in [0.5, 0.6) is 0 Å². The Bertz CT molecular complexity index is 976. The molecule has 0 saturated carbocycles. The second-order valence-corrected chi connectivity index (χ2v) is 8.49. The fourth-order valence-corrected chi connectivity index (χ4v) is 5.09. The summed E-state index contributed by atoms with van der Waals surface area (Å²) < 4.78 is 5.04. The number of allylic oxidation sites excluding steroid dienone is 3. The second kappa shape index (κ2) is 7.57. The lowest BCUT2D eigenvalue weighted by molar-refractivity contribution is -0.136. The number of thiophene rings is 1. The van der Waals surface area contributed by atoms with Gasteiger partial charge < -0.3 is 10.1 Å². The van der Waals surface area contributed by atoms with Crippen LogP contribution >= 0.6 is 22.9 Å². The maximum atomic E-state index is 13.3. The number of ether oxygens (including phenoxy) is 1. The Morgan fingerprint density at radius 3 is 2.61 bits per heavy atom. The van der Waals surface area contributed by atoms with E-state index in [1.165, 1.54) is 12.0 Å². The molecule has 2 aliphatic rings. The Morgan fingerprint density at radius 1 is 1.21 bits per heavy atom. The number of rotatable bonds is 3. The molecule has 144 valence electrons. The number of carbonyl (C=O) groups excluding carboxylic acids is 2. The van der Waals surface area contributed by atoms with Crippen molar-refractivity contribution < 1.29 is 14.3 Å². The van der Waals surface area contributed by atoms with Gasteiger partial charge in [-0.05, 0) is 36.1 Å². The van der Waals surface area contributed by atoms with Gasteiger partial charge >= 0.3 is 5.97 Å². The maximum absolute atomic E-state index is 13.3. The summed E-state index contributed by atoms with van der Waals surface area (Å²) >= 11 is 7.71. The molecule has 4 rings (SSSR count). The number of benzene rings is 1. The molecule has 3 atom stereocenters. The largest absolute Gasteiger partial charge is 0.466 e. The van der Waals surface area contributed by atoms with Gasteiger partial charge in [-0.15, -0.1) is 11.3 Å². The molecule has 1 aromatic carbocycles. The molecule has 6 heteroatoms. The van der Waals surface area contributed by atoms with Crippen LogP contribution < -0.4 is 5.32 Å². The van der Waals surface area contributed by atoms with Crippen molar-refractivity contribution in [2.45, 2.75) is 25.2 Å². The van der Waals surface area contributed by atoms with E-state index in [0.29, 0.717) is 22.7 Å². The van der Waals surface area contributed by atoms with Gasteiger partial charge in [0.2, 0.25) is 0 Å². The third-order valence-corrected chi connectivity index (χ3v) is 6.66. The normalized spacial score (nSPS) is 24.3. The molecule has 3 unspecified atom stereocenters. The quantitative estimate of drug-likeness (QED) is 0.735. The Labute approximate surface area is 172 Å². The van der Waals surface area contributed by atoms with E-state index in [-0.39, 0.29) is 11.7 Å². The highest BCUT2D eigenvalue weighted by atomic mass is 35.5. The van der Waals surface area contributed by atoms with Gasteiger partial charge in [-0.1, -0.05) is 35.9 Å². The predicted octanol–water partition coefficient (Wildman–Crippen LogP) is 4.79. The van der Waals surface area contributed by atoms with Crippen molar-refractivity contribution >= 4 is 34.7 Å². The summed E-state index contributed by atoms with van der Waals surface area (Å²) in [6.07, 6.45) is 2.56. The number of methoxy groups -OCH3 is 1. The highest BCUT2D eigenvalue weighted by molar-refractivity contribution is 7.10. The Hall–Kier alpha value is -2.37. The van der Waals surface area contributed by atoms with Gasteiger partial charge in [-0.3, -0.25) is 4.79 Å². The number of hydrogen-bond acceptors (Lipinski definition) is 5. The summed E-state index contributed by atoms with van der Waals surface area (Å²) in [7, 11) is 1.36. The maximum Gasteiger partial charge on any atom is 0.336 e. The van der Waals surface area contributed by atoms with Crippen molar-refractivity contribution in [2.24, 2.45) is 5.92 Å². The zero-order chi connectivity index (χ0) is 19.8. The van der Waals surface area contributed by atoms with E-state index in [9.17, 15) is 9.59 Å². The van der Waals surface area contributed by atoms with Gasteiger partial charge in [-0.2, -0.15) is 0 Å². The summed E-state index contributed by atoms with van der Waals surface area (Å²) in [6, 6.07) is 11.4. The highest BCUT2D eigenvalue weighted by Gasteiger charge is 2.44. The standard InChI is InChI=1S/C22H20ClNO3S/c1-12-19(22(26)27-2)20(13-5-7-15(23)8-6-13)21-16(24-12)10-14(11-17(21)25)18-4-3-9-28-18/h3-10,14,20-21,24H,11H2,1-2H3. The van der Waals surface area contributed by atoms with Crippen LogP contribution in [-0.2, 0) is 14.3 Å². The van der Waals surface area contributed by atoms with Gasteiger partial charge in [0.15, 0.2) is 0 Å². The van der Waals surface area contributed by atoms with Gasteiger partial charge in [0.1, 0.15) is 5.78 Å². The molecular formula is C22H20ClNO3S. The molecule has 1 aromatic heterocycles. The van der Waals surface area contributed by atoms with E-state index < -0.39 is 17.8 Å². The van der Waals surface area contributed by atoms with E-state index >= 15 is 0 Å². The van der Waals surface area contributed by atoms with Crippen LogP contribution in [0.25, 0.3) is 0 Å². The SMILES string of the molecule is COC(=O)C1=C(C)NC2=CC(c3cccs3)CC(=O)C2C1c1ccc(Cl)cc1. The number of esters is 1. The van der Waals surface area contributed by atoms with Crippen LogP contribution in [0.2, 0.25) is 5.02 Å². The number of hydrogen-bond donors (Lipinski definition) is 1. The van der Waals surface area contributed by atoms with Gasteiger partial charge in [-0.25, -0.2) is 4.79 Å². The number of carbonyl (C=O) groups is 2. The molecular weight excluding hydrogens is 394 g/mol. The van der Waals surface area contributed by atoms with Crippen LogP contribution in [0.1, 0.15) is 35.6 Å². The lowest BCUT2D eigenvalue weighted by Gasteiger charge is -2.39. The summed E-state index contributed by atoms with van der Waals surface area (Å²) in [5.74, 6) is -1.07. The van der Waals surface area contributed by atoms with Crippen LogP contribution in [0.4, 0.5) is 0 Å². The van der Waals surface area contributed by atoms with E-state index in [1.807, 2.05) is 30.5 Å². The average Bonchev–Trinajstić information content (AvgIpc) is 3.21. The van der Waals surface area contributed by atoms with E-state index in [2.05, 4.69) is 17.5 Å². The first-order valence-corrected chi connectivity index (χ1v) is 10.3. The Balaban J connectivity index is 1.84. The number of Topliss-reactive ketones (excluding diaryl/α,β-unsaturated/α-hetero) is 1. The molecule has 0 bridgehead atoms. The molecule has 0 spiro atoms. The Kier molecular flexibility index (Phi) is 5.13. The minimum atomic E-state index is -0.435. The monoisotopic (exact) mass is 413 g/mol. The molecule has 2 aromatic rings. The minimum Gasteiger partial charge on any atom is -0.466 e. The minimum absolute atomic E-state index is 0.0598. The molecule has 4 nitrogen and oxygen atoms in total. The number of fused-ring (bicyclic) bond motifs is 1. The zero-order valence-electron chi connectivity index (χ0n) is 15.6. The lowest BCUT2D eigenvalue weighted by Crippen LogP contribution is -2.41. The molecule has 0 amide bonds. The van der Waals surface area contributed by atoms with Crippen LogP contribution in [0, 0.1) is 5.92 Å². The lowest BCUT2D eigenvalue weighted by atomic mass is 9.69. The third kappa shape index (κ3) is 3.29. The van der Waals surface area contributed by atoms with Crippen LogP contribution in [0.15, 0.2) is 64.8 Å². The fourth-order valence-electron chi connectivity index (χ4n) is 4.17. The molecule has 1 aliphatic heterocycles. The number of ketones is 1. The van der Waals surface area contributed by atoms with Crippen molar-refractivity contribution in [1.29, 1.82) is 0 Å². The van der Waals surface area contributed by atoms with Gasteiger partial charge in [0, 0.05) is 39.6 Å². The summed E-state index contributed by atoms with van der Waals surface area (Å²) in [6.45, 7) is 1.85. The topological polar surface area (TPSA) is 55.4 Å². The third-order valence-electron chi connectivity index (χ3n) is 5.41. The van der Waals surface area contributed by atoms with Crippen LogP contribution in [-0.4, -0.2) is 18.9 Å². The first kappa shape index (κ1) is 19.0. The van der Waals surface area contributed by atoms with Crippen LogP contribution in [0.3, 0.4) is 0 Å². The van der Waals surface area contributed by atoms with Crippen molar-refractivity contribution in [1.82, 2.24) is 5.32 Å². The van der Waals surface area contributed by atoms with Crippen molar-refractivity contribution in [3.8, 4) is 0 Å². The van der Waals surface area contributed by atoms with E-state index in [1.54, 1.807) is 23.5 Å². The van der Waals surface area contributed by atoms with Gasteiger partial charge in [0.25, 0.3) is 0 Å². The Morgan fingerprint density at radius 2 is 1.96 bits per heavy atom. The molecule has 0 fully saturated rings. The molecule has 1 N–H and O–H groups in total. The molecule has 0 saturated heterocycles. The predicted molar refractivity (Wildman–Crippen MR) is 110 cm³/mol. The first-order chi connectivity index (χ1) is 13.5. The number of nitrogens with one attached hydrogen (secondary N) is 1. The molecule has 0 radical (unpaired) electrons. The van der Waals surface area contributed by atoms with Crippen molar-refractivity contribution in [2.75, 3.05) is 7.11 Å². The molecule has 28 heavy (non-hydrogen) atoms. The van der Waals surface area contributed by atoms with Crippen molar-refractivity contribution in [3.05, 3.63) is 80.3 Å². The summed E-state index contributed by atoms with van der Waals surface area (Å²) in [5, 5.41) is 5.95. The summed E-state index contributed by atoms with van der Waals surface area (Å²) in [4.78, 5) is 27.0. The van der Waals surface area contributed by atoms with E-state index in [0.717, 1.165) is 11.3 Å². The number of halogens is 1.